The second-order valence-electron chi connectivity index (χ2n) is 5.37. The molecule has 0 radical (unpaired) electrons. The fourth-order valence-electron chi connectivity index (χ4n) is 2.27. The third-order valence-corrected chi connectivity index (χ3v) is 4.54. The molecule has 0 aliphatic carbocycles. The number of carbonyl (C=O) groups excluding carboxylic acids is 2. The van der Waals surface area contributed by atoms with Gasteiger partial charge in [-0.1, -0.05) is 23.2 Å². The molecule has 0 saturated carbocycles. The Morgan fingerprint density at radius 3 is 2.46 bits per heavy atom. The van der Waals surface area contributed by atoms with Crippen molar-refractivity contribution in [1.82, 2.24) is 0 Å². The third kappa shape index (κ3) is 5.15. The molecule has 0 atom stereocenters. The second-order valence-corrected chi connectivity index (χ2v) is 7.08. The van der Waals surface area contributed by atoms with Crippen molar-refractivity contribution >= 4 is 52.5 Å². The lowest BCUT2D eigenvalue weighted by Gasteiger charge is -2.13. The highest BCUT2D eigenvalue weighted by Crippen LogP contribution is 2.27. The summed E-state index contributed by atoms with van der Waals surface area (Å²) in [7, 11) is 0. The number of halogens is 2. The molecule has 2 rings (SSSR count). The van der Waals surface area contributed by atoms with Crippen molar-refractivity contribution in [2.75, 3.05) is 11.9 Å². The number of rotatable bonds is 5. The van der Waals surface area contributed by atoms with Crippen LogP contribution in [0.25, 0.3) is 0 Å². The first-order valence-corrected chi connectivity index (χ1v) is 8.98. The van der Waals surface area contributed by atoms with E-state index in [1.807, 2.05) is 19.2 Å². The predicted octanol–water partition coefficient (Wildman–Crippen LogP) is 4.98. The van der Waals surface area contributed by atoms with Crippen molar-refractivity contribution in [2.24, 2.45) is 0 Å². The third-order valence-electron chi connectivity index (χ3n) is 3.42. The van der Waals surface area contributed by atoms with Gasteiger partial charge in [0.15, 0.2) is 6.61 Å². The molecule has 1 amide bonds. The molecule has 26 heavy (non-hydrogen) atoms. The van der Waals surface area contributed by atoms with Gasteiger partial charge in [0, 0.05) is 15.6 Å². The molecule has 0 heterocycles. The number of thioether (sulfide) groups is 1. The van der Waals surface area contributed by atoms with Crippen LogP contribution in [0, 0.1) is 24.5 Å². The monoisotopic (exact) mass is 408 g/mol. The zero-order valence-corrected chi connectivity index (χ0v) is 16.3. The minimum Gasteiger partial charge on any atom is -0.452 e. The smallest absolute Gasteiger partial charge is 0.340 e. The van der Waals surface area contributed by atoms with Crippen LogP contribution in [-0.2, 0) is 9.53 Å². The summed E-state index contributed by atoms with van der Waals surface area (Å²) < 4.78 is 5.00. The number of esters is 1. The van der Waals surface area contributed by atoms with Crippen molar-refractivity contribution in [1.29, 1.82) is 5.26 Å². The van der Waals surface area contributed by atoms with Gasteiger partial charge in [0.25, 0.3) is 5.91 Å². The van der Waals surface area contributed by atoms with Crippen LogP contribution in [-0.4, -0.2) is 18.5 Å². The normalized spacial score (nSPS) is 10.1. The molecule has 2 aromatic carbocycles. The summed E-state index contributed by atoms with van der Waals surface area (Å²) in [4.78, 5) is 25.0. The number of hydrogen-bond donors (Lipinski definition) is 1. The Kier molecular flexibility index (Phi) is 6.92. The van der Waals surface area contributed by atoms with Crippen LogP contribution in [0.4, 0.5) is 5.69 Å². The lowest BCUT2D eigenvalue weighted by atomic mass is 10.1. The highest BCUT2D eigenvalue weighted by molar-refractivity contribution is 8.03. The zero-order valence-electron chi connectivity index (χ0n) is 13.9. The highest BCUT2D eigenvalue weighted by atomic mass is 35.5. The molecule has 0 aliphatic rings. The van der Waals surface area contributed by atoms with Crippen molar-refractivity contribution in [2.45, 2.75) is 18.7 Å². The number of hydrogen-bond acceptors (Lipinski definition) is 5. The van der Waals surface area contributed by atoms with E-state index in [1.165, 1.54) is 12.1 Å². The molecule has 0 fully saturated rings. The predicted molar refractivity (Wildman–Crippen MR) is 103 cm³/mol. The topological polar surface area (TPSA) is 79.2 Å². The molecule has 2 aromatic rings. The minimum absolute atomic E-state index is 0.0946. The molecule has 8 heteroatoms. The maximum Gasteiger partial charge on any atom is 0.340 e. The fraction of sp³-hybridized carbons (Fsp3) is 0.167. The summed E-state index contributed by atoms with van der Waals surface area (Å²) in [6.07, 6.45) is 0. The standard InChI is InChI=1S/C18H14Cl2N2O3S/c1-10-5-13(26-9-21)6-11(2)17(10)22-16(23)8-25-18(24)14-7-12(19)3-4-15(14)20/h3-7H,8H2,1-2H3,(H,22,23). The molecule has 0 saturated heterocycles. The average molecular weight is 409 g/mol. The van der Waals surface area contributed by atoms with Crippen LogP contribution in [0.2, 0.25) is 10.0 Å². The SMILES string of the molecule is Cc1cc(SC#N)cc(C)c1NC(=O)COC(=O)c1cc(Cl)ccc1Cl. The molecule has 5 nitrogen and oxygen atoms in total. The molecule has 0 unspecified atom stereocenters. The Morgan fingerprint density at radius 2 is 1.85 bits per heavy atom. The van der Waals surface area contributed by atoms with Gasteiger partial charge in [0.2, 0.25) is 0 Å². The van der Waals surface area contributed by atoms with E-state index in [2.05, 4.69) is 5.32 Å². The van der Waals surface area contributed by atoms with E-state index in [1.54, 1.807) is 18.2 Å². The second kappa shape index (κ2) is 8.95. The highest BCUT2D eigenvalue weighted by Gasteiger charge is 2.15. The van der Waals surface area contributed by atoms with E-state index >= 15 is 0 Å². The van der Waals surface area contributed by atoms with Crippen LogP contribution < -0.4 is 5.32 Å². The van der Waals surface area contributed by atoms with Gasteiger partial charge in [0.05, 0.1) is 10.6 Å². The van der Waals surface area contributed by atoms with Gasteiger partial charge in [0.1, 0.15) is 5.40 Å². The maximum atomic E-state index is 12.1. The van der Waals surface area contributed by atoms with E-state index in [0.717, 1.165) is 27.8 Å². The summed E-state index contributed by atoms with van der Waals surface area (Å²) in [5, 5.41) is 14.0. The largest absolute Gasteiger partial charge is 0.452 e. The lowest BCUT2D eigenvalue weighted by molar-refractivity contribution is -0.119. The molecule has 0 spiro atoms. The molecule has 0 aromatic heterocycles. The van der Waals surface area contributed by atoms with Crippen LogP contribution in [0.3, 0.4) is 0 Å². The van der Waals surface area contributed by atoms with Crippen LogP contribution in [0.1, 0.15) is 21.5 Å². The van der Waals surface area contributed by atoms with Gasteiger partial charge in [-0.2, -0.15) is 5.26 Å². The number of amides is 1. The van der Waals surface area contributed by atoms with Crippen LogP contribution in [0.5, 0.6) is 0 Å². The first-order chi connectivity index (χ1) is 12.3. The molecule has 1 N–H and O–H groups in total. The first-order valence-electron chi connectivity index (χ1n) is 7.41. The fourth-order valence-corrected chi connectivity index (χ4v) is 3.21. The van der Waals surface area contributed by atoms with E-state index in [9.17, 15) is 9.59 Å². The van der Waals surface area contributed by atoms with E-state index < -0.39 is 18.5 Å². The van der Waals surface area contributed by atoms with Gasteiger partial charge < -0.3 is 10.1 Å². The lowest BCUT2D eigenvalue weighted by Crippen LogP contribution is -2.22. The Bertz CT molecular complexity index is 887. The van der Waals surface area contributed by atoms with Crippen molar-refractivity contribution in [3.63, 3.8) is 0 Å². The number of benzene rings is 2. The maximum absolute atomic E-state index is 12.1. The van der Waals surface area contributed by atoms with Gasteiger partial charge in [-0.25, -0.2) is 4.79 Å². The number of nitrogens with zero attached hydrogens (tertiary/aromatic N) is 1. The number of nitriles is 1. The number of aryl methyl sites for hydroxylation is 2. The van der Waals surface area contributed by atoms with Gasteiger partial charge >= 0.3 is 5.97 Å². The molecular formula is C18H14Cl2N2O3S. The van der Waals surface area contributed by atoms with Gasteiger partial charge in [-0.3, -0.25) is 4.79 Å². The zero-order chi connectivity index (χ0) is 19.3. The summed E-state index contributed by atoms with van der Waals surface area (Å²) >= 11 is 12.8. The molecule has 134 valence electrons. The Labute approximate surface area is 165 Å². The number of thiocyanates is 1. The summed E-state index contributed by atoms with van der Waals surface area (Å²) in [5.41, 5.74) is 2.33. The van der Waals surface area contributed by atoms with Gasteiger partial charge in [-0.15, -0.1) is 0 Å². The number of ether oxygens (including phenoxy) is 1. The quantitative estimate of drug-likeness (QED) is 0.428. The Morgan fingerprint density at radius 1 is 1.19 bits per heavy atom. The molecule has 0 bridgehead atoms. The Balaban J connectivity index is 2.02. The van der Waals surface area contributed by atoms with Crippen molar-refractivity contribution in [3.8, 4) is 5.40 Å². The average Bonchev–Trinajstić information content (AvgIpc) is 2.58. The summed E-state index contributed by atoms with van der Waals surface area (Å²) in [6, 6.07) is 8.01. The number of carbonyl (C=O) groups is 2. The van der Waals surface area contributed by atoms with Crippen LogP contribution >= 0.6 is 35.0 Å². The van der Waals surface area contributed by atoms with Crippen molar-refractivity contribution < 1.29 is 14.3 Å². The minimum atomic E-state index is -0.734. The van der Waals surface area contributed by atoms with E-state index in [0.29, 0.717) is 10.7 Å². The summed E-state index contributed by atoms with van der Waals surface area (Å²) in [5.74, 6) is -1.22. The van der Waals surface area contributed by atoms with E-state index in [4.69, 9.17) is 33.2 Å². The van der Waals surface area contributed by atoms with Crippen molar-refractivity contribution in [3.05, 3.63) is 57.1 Å². The molecular weight excluding hydrogens is 395 g/mol. The summed E-state index contributed by atoms with van der Waals surface area (Å²) in [6.45, 7) is 3.18. The Hall–Kier alpha value is -2.20. The molecule has 0 aliphatic heterocycles. The number of anilines is 1. The number of nitrogens with one attached hydrogen (secondary N) is 1. The van der Waals surface area contributed by atoms with Crippen LogP contribution in [0.15, 0.2) is 35.2 Å². The van der Waals surface area contributed by atoms with Gasteiger partial charge in [-0.05, 0) is 67.1 Å². The first kappa shape index (κ1) is 20.1. The van der Waals surface area contributed by atoms with E-state index in [-0.39, 0.29) is 10.6 Å².